The minimum Gasteiger partial charge on any atom is -0.352 e. The van der Waals surface area contributed by atoms with Crippen LogP contribution in [0.25, 0.3) is 0 Å². The van der Waals surface area contributed by atoms with E-state index in [1.165, 1.54) is 11.3 Å². The number of hydrogen-bond acceptors (Lipinski definition) is 6. The van der Waals surface area contributed by atoms with Crippen molar-refractivity contribution in [3.8, 4) is 0 Å². The number of hydrogen-bond donors (Lipinski definition) is 3. The molecule has 0 saturated heterocycles. The second-order valence-corrected chi connectivity index (χ2v) is 10.8. The molecular formula is C23H30N6O3S. The van der Waals surface area contributed by atoms with Crippen molar-refractivity contribution in [2.75, 3.05) is 17.2 Å². The highest BCUT2D eigenvalue weighted by Crippen LogP contribution is 2.42. The summed E-state index contributed by atoms with van der Waals surface area (Å²) in [5, 5.41) is 17.8. The number of carbonyl (C=O) groups excluding carboxylic acids is 3. The Bertz CT molecular complexity index is 1080. The molecule has 10 heteroatoms. The molecule has 33 heavy (non-hydrogen) atoms. The third-order valence-electron chi connectivity index (χ3n) is 6.62. The fourth-order valence-electron chi connectivity index (χ4n) is 4.19. The van der Waals surface area contributed by atoms with E-state index in [0.717, 1.165) is 49.0 Å². The highest BCUT2D eigenvalue weighted by molar-refractivity contribution is 7.17. The molecule has 2 aromatic rings. The van der Waals surface area contributed by atoms with Gasteiger partial charge in [0.1, 0.15) is 11.3 Å². The molecule has 0 unspecified atom stereocenters. The van der Waals surface area contributed by atoms with Crippen LogP contribution >= 0.6 is 11.3 Å². The van der Waals surface area contributed by atoms with Crippen LogP contribution in [0.5, 0.6) is 0 Å². The van der Waals surface area contributed by atoms with Crippen molar-refractivity contribution in [2.24, 2.45) is 17.8 Å². The number of rotatable bonds is 8. The van der Waals surface area contributed by atoms with E-state index >= 15 is 0 Å². The summed E-state index contributed by atoms with van der Waals surface area (Å²) in [6.45, 7) is 4.34. The molecule has 9 nitrogen and oxygen atoms in total. The van der Waals surface area contributed by atoms with Gasteiger partial charge >= 0.3 is 0 Å². The predicted molar refractivity (Wildman–Crippen MR) is 125 cm³/mol. The normalized spacial score (nSPS) is 19.8. The summed E-state index contributed by atoms with van der Waals surface area (Å²) < 4.78 is 1.90. The molecule has 5 rings (SSSR count). The first-order valence-corrected chi connectivity index (χ1v) is 12.7. The molecule has 2 saturated carbocycles. The Hall–Kier alpha value is -2.75. The number of anilines is 2. The Balaban J connectivity index is 1.40. The van der Waals surface area contributed by atoms with Crippen molar-refractivity contribution in [1.82, 2.24) is 20.1 Å². The van der Waals surface area contributed by atoms with Crippen LogP contribution in [-0.4, -0.2) is 39.0 Å². The van der Waals surface area contributed by atoms with Gasteiger partial charge < -0.3 is 10.6 Å². The molecule has 3 aliphatic rings. The number of nitrogens with zero attached hydrogens (tertiary/aromatic N) is 3. The summed E-state index contributed by atoms with van der Waals surface area (Å²) in [6.07, 6.45) is 8.06. The minimum atomic E-state index is -0.163. The molecule has 3 N–H and O–H groups in total. The van der Waals surface area contributed by atoms with Gasteiger partial charge in [0.05, 0.1) is 5.56 Å². The number of thiophene rings is 1. The van der Waals surface area contributed by atoms with Gasteiger partial charge in [-0.3, -0.25) is 24.3 Å². The van der Waals surface area contributed by atoms with E-state index < -0.39 is 0 Å². The van der Waals surface area contributed by atoms with Crippen LogP contribution in [0.15, 0.2) is 6.33 Å². The van der Waals surface area contributed by atoms with Gasteiger partial charge in [0.15, 0.2) is 0 Å². The lowest BCUT2D eigenvalue weighted by atomic mass is 9.91. The summed E-state index contributed by atoms with van der Waals surface area (Å²) in [4.78, 5) is 39.1. The standard InChI is InChI=1S/C23H30N6O3S/c1-12(2)19(30)27-23-28-25-11-29(23)15-7-8-17-16(9-15)18(21(32)24-10-13-3-4-13)22(33-17)26-20(31)14-5-6-14/h11-15H,3-10H2,1-2H3,(H,24,32)(H,26,31)(H,27,28,30)/t15-/m0/s1. The SMILES string of the molecule is CC(C)C(=O)Nc1nncn1[C@H]1CCc2sc(NC(=O)C3CC3)c(C(=O)NCC3CC3)c2C1. The van der Waals surface area contributed by atoms with E-state index in [2.05, 4.69) is 26.1 Å². The zero-order valence-electron chi connectivity index (χ0n) is 19.0. The predicted octanol–water partition coefficient (Wildman–Crippen LogP) is 3.15. The van der Waals surface area contributed by atoms with Crippen LogP contribution in [0.3, 0.4) is 0 Å². The fourth-order valence-corrected chi connectivity index (χ4v) is 5.44. The van der Waals surface area contributed by atoms with Crippen molar-refractivity contribution in [2.45, 2.75) is 64.8 Å². The maximum absolute atomic E-state index is 13.2. The Morgan fingerprint density at radius 1 is 1.15 bits per heavy atom. The number of aromatic nitrogens is 3. The first-order chi connectivity index (χ1) is 15.9. The van der Waals surface area contributed by atoms with E-state index in [9.17, 15) is 14.4 Å². The van der Waals surface area contributed by atoms with Crippen LogP contribution in [0.1, 0.15) is 72.8 Å². The third kappa shape index (κ3) is 4.80. The lowest BCUT2D eigenvalue weighted by Gasteiger charge is -2.25. The van der Waals surface area contributed by atoms with E-state index in [4.69, 9.17) is 0 Å². The number of carbonyl (C=O) groups is 3. The van der Waals surface area contributed by atoms with Crippen molar-refractivity contribution < 1.29 is 14.4 Å². The minimum absolute atomic E-state index is 0.0129. The Kier molecular flexibility index (Phi) is 5.94. The van der Waals surface area contributed by atoms with E-state index in [-0.39, 0.29) is 35.6 Å². The summed E-state index contributed by atoms with van der Waals surface area (Å²) >= 11 is 1.53. The largest absolute Gasteiger partial charge is 0.352 e. The fraction of sp³-hybridized carbons (Fsp3) is 0.609. The van der Waals surface area contributed by atoms with Crippen LogP contribution in [-0.2, 0) is 22.4 Å². The average Bonchev–Trinajstić information content (AvgIpc) is 3.71. The molecule has 0 spiro atoms. The highest BCUT2D eigenvalue weighted by atomic mass is 32.1. The van der Waals surface area contributed by atoms with Gasteiger partial charge in [0, 0.05) is 29.3 Å². The van der Waals surface area contributed by atoms with Gasteiger partial charge in [-0.15, -0.1) is 21.5 Å². The first kappa shape index (κ1) is 22.1. The Labute approximate surface area is 196 Å². The van der Waals surface area contributed by atoms with Gasteiger partial charge in [-0.1, -0.05) is 13.8 Å². The lowest BCUT2D eigenvalue weighted by Crippen LogP contribution is -2.29. The van der Waals surface area contributed by atoms with Crippen LogP contribution in [0, 0.1) is 17.8 Å². The summed E-state index contributed by atoms with van der Waals surface area (Å²) in [5.74, 6) is 0.709. The third-order valence-corrected chi connectivity index (χ3v) is 7.83. The number of aryl methyl sites for hydroxylation is 1. The molecule has 0 bridgehead atoms. The van der Waals surface area contributed by atoms with Gasteiger partial charge in [-0.05, 0) is 56.4 Å². The van der Waals surface area contributed by atoms with E-state index in [1.54, 1.807) is 6.33 Å². The molecule has 176 valence electrons. The molecule has 0 radical (unpaired) electrons. The highest BCUT2D eigenvalue weighted by Gasteiger charge is 2.35. The number of nitrogens with one attached hydrogen (secondary N) is 3. The second-order valence-electron chi connectivity index (χ2n) is 9.73. The lowest BCUT2D eigenvalue weighted by molar-refractivity contribution is -0.119. The monoisotopic (exact) mass is 470 g/mol. The topological polar surface area (TPSA) is 118 Å². The molecule has 0 aromatic carbocycles. The van der Waals surface area contributed by atoms with E-state index in [0.29, 0.717) is 35.4 Å². The maximum Gasteiger partial charge on any atom is 0.254 e. The summed E-state index contributed by atoms with van der Waals surface area (Å²) in [6, 6.07) is 0.0199. The van der Waals surface area contributed by atoms with Crippen LogP contribution in [0.2, 0.25) is 0 Å². The van der Waals surface area contributed by atoms with Gasteiger partial charge in [0.25, 0.3) is 5.91 Å². The van der Waals surface area contributed by atoms with Crippen molar-refractivity contribution in [3.05, 3.63) is 22.3 Å². The van der Waals surface area contributed by atoms with E-state index in [1.807, 2.05) is 18.4 Å². The van der Waals surface area contributed by atoms with Crippen molar-refractivity contribution in [3.63, 3.8) is 0 Å². The molecule has 3 aliphatic carbocycles. The molecule has 2 heterocycles. The number of amides is 3. The van der Waals surface area contributed by atoms with Crippen molar-refractivity contribution >= 4 is 40.0 Å². The Morgan fingerprint density at radius 3 is 2.64 bits per heavy atom. The van der Waals surface area contributed by atoms with Crippen molar-refractivity contribution in [1.29, 1.82) is 0 Å². The molecule has 2 aromatic heterocycles. The quantitative estimate of drug-likeness (QED) is 0.548. The summed E-state index contributed by atoms with van der Waals surface area (Å²) in [7, 11) is 0. The molecular weight excluding hydrogens is 440 g/mol. The number of fused-ring (bicyclic) bond motifs is 1. The average molecular weight is 471 g/mol. The first-order valence-electron chi connectivity index (χ1n) is 11.8. The smallest absolute Gasteiger partial charge is 0.254 e. The molecule has 0 aliphatic heterocycles. The van der Waals surface area contributed by atoms with Crippen LogP contribution < -0.4 is 16.0 Å². The molecule has 2 fully saturated rings. The zero-order valence-corrected chi connectivity index (χ0v) is 19.8. The second kappa shape index (κ2) is 8.89. The van der Waals surface area contributed by atoms with Gasteiger partial charge in [-0.25, -0.2) is 0 Å². The zero-order chi connectivity index (χ0) is 23.1. The van der Waals surface area contributed by atoms with Gasteiger partial charge in [0.2, 0.25) is 17.8 Å². The van der Waals surface area contributed by atoms with Crippen LogP contribution in [0.4, 0.5) is 10.9 Å². The summed E-state index contributed by atoms with van der Waals surface area (Å²) in [5.41, 5.74) is 1.60. The maximum atomic E-state index is 13.2. The van der Waals surface area contributed by atoms with Gasteiger partial charge in [-0.2, -0.15) is 0 Å². The Morgan fingerprint density at radius 2 is 1.94 bits per heavy atom. The molecule has 3 amide bonds. The molecule has 1 atom stereocenters.